The summed E-state index contributed by atoms with van der Waals surface area (Å²) in [6.07, 6.45) is 0.807. The smallest absolute Gasteiger partial charge is 0.119 e. The molecular weight excluding hydrogens is 268 g/mol. The Balaban J connectivity index is 1.72. The van der Waals surface area contributed by atoms with Gasteiger partial charge < -0.3 is 20.3 Å². The molecule has 0 amide bonds. The molecule has 1 aliphatic rings. The lowest BCUT2D eigenvalue weighted by molar-refractivity contribution is -0.0453. The van der Waals surface area contributed by atoms with Gasteiger partial charge in [0.25, 0.3) is 0 Å². The lowest BCUT2D eigenvalue weighted by Crippen LogP contribution is -2.46. The van der Waals surface area contributed by atoms with Crippen LogP contribution in [-0.4, -0.2) is 55.1 Å². The van der Waals surface area contributed by atoms with Crippen molar-refractivity contribution in [3.05, 3.63) is 29.8 Å². The van der Waals surface area contributed by atoms with Gasteiger partial charge in [-0.05, 0) is 24.1 Å². The molecule has 0 radical (unpaired) electrons. The van der Waals surface area contributed by atoms with Crippen LogP contribution in [0.25, 0.3) is 0 Å². The van der Waals surface area contributed by atoms with Gasteiger partial charge in [-0.1, -0.05) is 19.1 Å². The molecule has 2 atom stereocenters. The van der Waals surface area contributed by atoms with Gasteiger partial charge in [-0.15, -0.1) is 0 Å². The number of morpholine rings is 1. The quantitative estimate of drug-likeness (QED) is 0.785. The van der Waals surface area contributed by atoms with Crippen molar-refractivity contribution in [2.45, 2.75) is 32.1 Å². The lowest BCUT2D eigenvalue weighted by atomic mass is 10.2. The number of ether oxygens (including phenoxy) is 2. The number of rotatable bonds is 7. The molecule has 0 aromatic heterocycles. The molecule has 2 unspecified atom stereocenters. The predicted octanol–water partition coefficient (Wildman–Crippen LogP) is 0.996. The molecular formula is C16H26N2O3. The summed E-state index contributed by atoms with van der Waals surface area (Å²) >= 11 is 0. The van der Waals surface area contributed by atoms with Gasteiger partial charge in [0.2, 0.25) is 0 Å². The van der Waals surface area contributed by atoms with E-state index < -0.39 is 6.10 Å². The van der Waals surface area contributed by atoms with Crippen molar-refractivity contribution >= 4 is 0 Å². The number of β-amino-alcohol motifs (C(OH)–C–C–N with tert-alkyl or cyclic N) is 1. The summed E-state index contributed by atoms with van der Waals surface area (Å²) in [7, 11) is 0. The van der Waals surface area contributed by atoms with Crippen LogP contribution in [0.3, 0.4) is 0 Å². The first-order valence-electron chi connectivity index (χ1n) is 7.65. The Kier molecular flexibility index (Phi) is 6.45. The fraction of sp³-hybridized carbons (Fsp3) is 0.625. The van der Waals surface area contributed by atoms with Crippen LogP contribution in [0.1, 0.15) is 18.9 Å². The van der Waals surface area contributed by atoms with E-state index in [4.69, 9.17) is 15.2 Å². The Bertz CT molecular complexity index is 410. The summed E-state index contributed by atoms with van der Waals surface area (Å²) < 4.78 is 11.2. The van der Waals surface area contributed by atoms with E-state index in [1.54, 1.807) is 0 Å². The van der Waals surface area contributed by atoms with Gasteiger partial charge in [0.05, 0.1) is 12.7 Å². The van der Waals surface area contributed by atoms with Gasteiger partial charge in [-0.3, -0.25) is 4.90 Å². The molecule has 0 spiro atoms. The van der Waals surface area contributed by atoms with Crippen molar-refractivity contribution in [3.8, 4) is 5.75 Å². The zero-order valence-corrected chi connectivity index (χ0v) is 12.7. The Morgan fingerprint density at radius 2 is 2.19 bits per heavy atom. The first-order valence-corrected chi connectivity index (χ1v) is 7.65. The molecule has 21 heavy (non-hydrogen) atoms. The van der Waals surface area contributed by atoms with Gasteiger partial charge in [-0.25, -0.2) is 0 Å². The van der Waals surface area contributed by atoms with Crippen LogP contribution in [0.2, 0.25) is 0 Å². The van der Waals surface area contributed by atoms with Gasteiger partial charge in [0.1, 0.15) is 18.5 Å². The summed E-state index contributed by atoms with van der Waals surface area (Å²) in [5.74, 6) is 0.764. The fourth-order valence-corrected chi connectivity index (χ4v) is 2.46. The average molecular weight is 294 g/mol. The van der Waals surface area contributed by atoms with Crippen molar-refractivity contribution in [3.63, 3.8) is 0 Å². The molecule has 1 aromatic rings. The van der Waals surface area contributed by atoms with Crippen molar-refractivity contribution in [1.29, 1.82) is 0 Å². The lowest BCUT2D eigenvalue weighted by Gasteiger charge is -2.33. The molecule has 1 fully saturated rings. The highest BCUT2D eigenvalue weighted by Gasteiger charge is 2.21. The van der Waals surface area contributed by atoms with Crippen LogP contribution < -0.4 is 10.5 Å². The molecule has 0 aliphatic carbocycles. The largest absolute Gasteiger partial charge is 0.491 e. The molecule has 2 rings (SSSR count). The Labute approximate surface area is 126 Å². The molecule has 0 saturated carbocycles. The van der Waals surface area contributed by atoms with Gasteiger partial charge in [0, 0.05) is 26.2 Å². The van der Waals surface area contributed by atoms with Crippen molar-refractivity contribution in [2.75, 3.05) is 32.8 Å². The zero-order valence-electron chi connectivity index (χ0n) is 12.7. The summed E-state index contributed by atoms with van der Waals surface area (Å²) in [6, 6.07) is 7.65. The Morgan fingerprint density at radius 1 is 1.43 bits per heavy atom. The second kappa shape index (κ2) is 8.34. The van der Waals surface area contributed by atoms with E-state index in [-0.39, 0.29) is 6.10 Å². The van der Waals surface area contributed by atoms with E-state index in [0.717, 1.165) is 37.4 Å². The summed E-state index contributed by atoms with van der Waals surface area (Å²) in [6.45, 7) is 6.08. The minimum Gasteiger partial charge on any atom is -0.491 e. The summed E-state index contributed by atoms with van der Waals surface area (Å²) in [4.78, 5) is 2.24. The third-order valence-electron chi connectivity index (χ3n) is 3.75. The molecule has 5 heteroatoms. The first kappa shape index (κ1) is 16.2. The third-order valence-corrected chi connectivity index (χ3v) is 3.75. The number of hydrogen-bond acceptors (Lipinski definition) is 5. The van der Waals surface area contributed by atoms with Crippen LogP contribution in [0.5, 0.6) is 5.75 Å². The topological polar surface area (TPSA) is 68.0 Å². The molecule has 1 aromatic carbocycles. The minimum atomic E-state index is -0.491. The van der Waals surface area contributed by atoms with E-state index in [1.807, 2.05) is 24.3 Å². The average Bonchev–Trinajstić information content (AvgIpc) is 2.53. The normalized spacial score (nSPS) is 21.2. The van der Waals surface area contributed by atoms with Gasteiger partial charge in [0.15, 0.2) is 0 Å². The van der Waals surface area contributed by atoms with Crippen molar-refractivity contribution < 1.29 is 14.6 Å². The zero-order chi connectivity index (χ0) is 15.1. The minimum absolute atomic E-state index is 0.288. The number of benzene rings is 1. The van der Waals surface area contributed by atoms with E-state index in [1.165, 1.54) is 0 Å². The monoisotopic (exact) mass is 294 g/mol. The SMILES string of the molecule is CCC1CN(CC(O)COc2ccc(CN)cc2)CCO1. The molecule has 1 heterocycles. The molecule has 5 nitrogen and oxygen atoms in total. The molecule has 1 aliphatic heterocycles. The molecule has 1 saturated heterocycles. The van der Waals surface area contributed by atoms with Crippen LogP contribution >= 0.6 is 0 Å². The van der Waals surface area contributed by atoms with E-state index in [2.05, 4.69) is 11.8 Å². The molecule has 0 bridgehead atoms. The van der Waals surface area contributed by atoms with Gasteiger partial charge in [-0.2, -0.15) is 0 Å². The number of nitrogens with two attached hydrogens (primary N) is 1. The van der Waals surface area contributed by atoms with Crippen LogP contribution in [0, 0.1) is 0 Å². The van der Waals surface area contributed by atoms with E-state index in [9.17, 15) is 5.11 Å². The number of nitrogens with zero attached hydrogens (tertiary/aromatic N) is 1. The maximum absolute atomic E-state index is 10.1. The third kappa shape index (κ3) is 5.28. The fourth-order valence-electron chi connectivity index (χ4n) is 2.46. The maximum atomic E-state index is 10.1. The highest BCUT2D eigenvalue weighted by molar-refractivity contribution is 5.27. The van der Waals surface area contributed by atoms with E-state index >= 15 is 0 Å². The van der Waals surface area contributed by atoms with Crippen molar-refractivity contribution in [2.24, 2.45) is 5.73 Å². The Hall–Kier alpha value is -1.14. The highest BCUT2D eigenvalue weighted by Crippen LogP contribution is 2.13. The van der Waals surface area contributed by atoms with Crippen molar-refractivity contribution in [1.82, 2.24) is 4.90 Å². The number of hydrogen-bond donors (Lipinski definition) is 2. The number of aliphatic hydroxyl groups is 1. The van der Waals surface area contributed by atoms with Crippen LogP contribution in [0.15, 0.2) is 24.3 Å². The predicted molar refractivity (Wildman–Crippen MR) is 82.3 cm³/mol. The summed E-state index contributed by atoms with van der Waals surface area (Å²) in [5.41, 5.74) is 6.62. The molecule has 3 N–H and O–H groups in total. The van der Waals surface area contributed by atoms with Crippen LogP contribution in [0.4, 0.5) is 0 Å². The molecule has 118 valence electrons. The second-order valence-corrected chi connectivity index (χ2v) is 5.47. The van der Waals surface area contributed by atoms with Crippen LogP contribution in [-0.2, 0) is 11.3 Å². The second-order valence-electron chi connectivity index (χ2n) is 5.47. The highest BCUT2D eigenvalue weighted by atomic mass is 16.5. The standard InChI is InChI=1S/C16H26N2O3/c1-2-15-11-18(7-8-20-15)10-14(19)12-21-16-5-3-13(9-17)4-6-16/h3-6,14-15,19H,2,7-12,17H2,1H3. The summed E-state index contributed by atoms with van der Waals surface area (Å²) in [5, 5.41) is 10.1. The maximum Gasteiger partial charge on any atom is 0.119 e. The van der Waals surface area contributed by atoms with Gasteiger partial charge >= 0.3 is 0 Å². The van der Waals surface area contributed by atoms with E-state index in [0.29, 0.717) is 19.7 Å². The first-order chi connectivity index (χ1) is 10.2. The number of aliphatic hydroxyl groups excluding tert-OH is 1. The Morgan fingerprint density at radius 3 is 2.86 bits per heavy atom.